The number of carbonyl (C=O) groups excluding carboxylic acids is 1. The second-order valence-corrected chi connectivity index (χ2v) is 7.76. The highest BCUT2D eigenvalue weighted by atomic mass is 19.1. The molecule has 4 aliphatic rings. The van der Waals surface area contributed by atoms with E-state index in [0.29, 0.717) is 12.5 Å². The highest BCUT2D eigenvalue weighted by Gasteiger charge is 2.54. The highest BCUT2D eigenvalue weighted by molar-refractivity contribution is 5.94. The number of piperidine rings is 3. The average molecular weight is 368 g/mol. The van der Waals surface area contributed by atoms with Gasteiger partial charge in [-0.3, -0.25) is 14.5 Å². The SMILES string of the molecule is O=C(c1cnc[nH]c1=O)N1C[C@@H](c2ccc(F)cc2)[C@@H]2[C@H]1C1CCN2CC1. The monoisotopic (exact) mass is 368 g/mol. The molecule has 0 saturated carbocycles. The van der Waals surface area contributed by atoms with Gasteiger partial charge in [0.2, 0.25) is 0 Å². The highest BCUT2D eigenvalue weighted by Crippen LogP contribution is 2.46. The summed E-state index contributed by atoms with van der Waals surface area (Å²) in [7, 11) is 0. The Morgan fingerprint density at radius 2 is 1.89 bits per heavy atom. The largest absolute Gasteiger partial charge is 0.333 e. The molecule has 4 fully saturated rings. The lowest BCUT2D eigenvalue weighted by Gasteiger charge is -2.51. The topological polar surface area (TPSA) is 69.3 Å². The standard InChI is InChI=1S/C20H21FN4O2/c21-14-3-1-12(2-4-14)16-10-25(20(27)15-9-22-11-23-19(15)26)17-13-5-7-24(8-6-13)18(16)17/h1-4,9,11,13,16-18H,5-8,10H2,(H,22,23,26)/t16-,17+,18+/m0/s1. The van der Waals surface area contributed by atoms with Crippen LogP contribution in [0.2, 0.25) is 0 Å². The van der Waals surface area contributed by atoms with Gasteiger partial charge in [0.05, 0.1) is 12.4 Å². The summed E-state index contributed by atoms with van der Waals surface area (Å²) >= 11 is 0. The Kier molecular flexibility index (Phi) is 3.86. The summed E-state index contributed by atoms with van der Waals surface area (Å²) in [5, 5.41) is 0. The Labute approximate surface area is 156 Å². The van der Waals surface area contributed by atoms with Crippen LogP contribution in [0.15, 0.2) is 41.6 Å². The minimum absolute atomic E-state index is 0.0902. The summed E-state index contributed by atoms with van der Waals surface area (Å²) < 4.78 is 13.4. The van der Waals surface area contributed by atoms with Crippen LogP contribution in [-0.4, -0.2) is 57.4 Å². The van der Waals surface area contributed by atoms with E-state index >= 15 is 0 Å². The van der Waals surface area contributed by atoms with Crippen LogP contribution in [0, 0.1) is 11.7 Å². The van der Waals surface area contributed by atoms with Crippen LogP contribution in [0.25, 0.3) is 0 Å². The maximum Gasteiger partial charge on any atom is 0.263 e. The third-order valence-corrected chi connectivity index (χ3v) is 6.50. The van der Waals surface area contributed by atoms with Gasteiger partial charge in [0.1, 0.15) is 11.4 Å². The molecule has 2 bridgehead atoms. The number of H-pyrrole nitrogens is 1. The van der Waals surface area contributed by atoms with Crippen LogP contribution >= 0.6 is 0 Å². The van der Waals surface area contributed by atoms with Crippen molar-refractivity contribution in [2.45, 2.75) is 30.8 Å². The second kappa shape index (κ2) is 6.27. The van der Waals surface area contributed by atoms with E-state index in [4.69, 9.17) is 0 Å². The molecule has 0 radical (unpaired) electrons. The normalized spacial score (nSPS) is 31.7. The third-order valence-electron chi connectivity index (χ3n) is 6.50. The summed E-state index contributed by atoms with van der Waals surface area (Å²) in [6.45, 7) is 2.62. The first-order chi connectivity index (χ1) is 13.1. The van der Waals surface area contributed by atoms with E-state index in [1.165, 1.54) is 24.7 Å². The number of nitrogens with one attached hydrogen (secondary N) is 1. The van der Waals surface area contributed by atoms with Crippen molar-refractivity contribution in [3.05, 3.63) is 64.1 Å². The molecular weight excluding hydrogens is 347 g/mol. The van der Waals surface area contributed by atoms with Gasteiger partial charge >= 0.3 is 0 Å². The molecular formula is C20H21FN4O2. The number of hydrogen-bond acceptors (Lipinski definition) is 4. The van der Waals surface area contributed by atoms with Gasteiger partial charge in [-0.25, -0.2) is 9.37 Å². The van der Waals surface area contributed by atoms with Crippen molar-refractivity contribution >= 4 is 5.91 Å². The molecule has 3 atom stereocenters. The fraction of sp³-hybridized carbons (Fsp3) is 0.450. The number of rotatable bonds is 2. The van der Waals surface area contributed by atoms with E-state index in [-0.39, 0.29) is 35.3 Å². The molecule has 5 heterocycles. The lowest BCUT2D eigenvalue weighted by Crippen LogP contribution is -2.61. The van der Waals surface area contributed by atoms with E-state index in [0.717, 1.165) is 31.5 Å². The van der Waals surface area contributed by atoms with Crippen molar-refractivity contribution in [1.82, 2.24) is 19.8 Å². The van der Waals surface area contributed by atoms with Crippen LogP contribution in [-0.2, 0) is 0 Å². The van der Waals surface area contributed by atoms with Gasteiger partial charge in [0, 0.05) is 24.7 Å². The first-order valence-electron chi connectivity index (χ1n) is 9.46. The van der Waals surface area contributed by atoms with Gasteiger partial charge < -0.3 is 9.88 Å². The van der Waals surface area contributed by atoms with Crippen LogP contribution < -0.4 is 5.56 Å². The summed E-state index contributed by atoms with van der Waals surface area (Å²) in [4.78, 5) is 36.1. The molecule has 1 aromatic heterocycles. The smallest absolute Gasteiger partial charge is 0.263 e. The Balaban J connectivity index is 1.54. The van der Waals surface area contributed by atoms with Crippen molar-refractivity contribution in [3.63, 3.8) is 0 Å². The van der Waals surface area contributed by atoms with Crippen molar-refractivity contribution < 1.29 is 9.18 Å². The van der Waals surface area contributed by atoms with Crippen LogP contribution in [0.5, 0.6) is 0 Å². The minimum Gasteiger partial charge on any atom is -0.333 e. The van der Waals surface area contributed by atoms with Gasteiger partial charge in [-0.05, 0) is 49.5 Å². The molecule has 140 valence electrons. The Bertz CT molecular complexity index is 920. The Morgan fingerprint density at radius 3 is 2.59 bits per heavy atom. The lowest BCUT2D eigenvalue weighted by molar-refractivity contribution is -0.00347. The summed E-state index contributed by atoms with van der Waals surface area (Å²) in [5.41, 5.74) is 0.736. The maximum atomic E-state index is 13.4. The Morgan fingerprint density at radius 1 is 1.15 bits per heavy atom. The predicted octanol–water partition coefficient (Wildman–Crippen LogP) is 1.61. The lowest BCUT2D eigenvalue weighted by atomic mass is 9.75. The number of hydrogen-bond donors (Lipinski definition) is 1. The maximum absolute atomic E-state index is 13.4. The molecule has 7 heteroatoms. The molecule has 0 aliphatic carbocycles. The van der Waals surface area contributed by atoms with E-state index in [9.17, 15) is 14.0 Å². The molecule has 1 aromatic carbocycles. The number of halogens is 1. The van der Waals surface area contributed by atoms with Gasteiger partial charge in [-0.1, -0.05) is 12.1 Å². The number of likely N-dealkylation sites (tertiary alicyclic amines) is 1. The first kappa shape index (κ1) is 16.6. The zero-order chi connectivity index (χ0) is 18.5. The Hall–Kier alpha value is -2.54. The van der Waals surface area contributed by atoms with Gasteiger partial charge in [-0.2, -0.15) is 0 Å². The molecule has 2 aromatic rings. The van der Waals surface area contributed by atoms with Crippen LogP contribution in [0.4, 0.5) is 4.39 Å². The van der Waals surface area contributed by atoms with Crippen molar-refractivity contribution in [1.29, 1.82) is 0 Å². The number of aromatic nitrogens is 2. The van der Waals surface area contributed by atoms with Crippen molar-refractivity contribution in [3.8, 4) is 0 Å². The fourth-order valence-corrected chi connectivity index (χ4v) is 5.31. The molecule has 1 N–H and O–H groups in total. The molecule has 4 saturated heterocycles. The summed E-state index contributed by atoms with van der Waals surface area (Å²) in [5.74, 6) is 0.0647. The van der Waals surface area contributed by atoms with Crippen molar-refractivity contribution in [2.75, 3.05) is 19.6 Å². The second-order valence-electron chi connectivity index (χ2n) is 7.76. The number of nitrogens with zero attached hydrogens (tertiary/aromatic N) is 3. The number of fused-ring (bicyclic) bond motifs is 2. The van der Waals surface area contributed by atoms with E-state index in [1.54, 1.807) is 0 Å². The quantitative estimate of drug-likeness (QED) is 0.875. The zero-order valence-electron chi connectivity index (χ0n) is 14.8. The van der Waals surface area contributed by atoms with Crippen LogP contribution in [0.1, 0.15) is 34.7 Å². The molecule has 6 rings (SSSR count). The minimum atomic E-state index is -0.405. The number of amides is 1. The number of aromatic amines is 1. The zero-order valence-corrected chi connectivity index (χ0v) is 14.8. The van der Waals surface area contributed by atoms with E-state index in [1.807, 2.05) is 17.0 Å². The van der Waals surface area contributed by atoms with Gasteiger partial charge in [-0.15, -0.1) is 0 Å². The van der Waals surface area contributed by atoms with Crippen LogP contribution in [0.3, 0.4) is 0 Å². The summed E-state index contributed by atoms with van der Waals surface area (Å²) in [6.07, 6.45) is 4.79. The molecule has 6 nitrogen and oxygen atoms in total. The molecule has 1 amide bonds. The van der Waals surface area contributed by atoms with Gasteiger partial charge in [0.25, 0.3) is 11.5 Å². The van der Waals surface area contributed by atoms with E-state index < -0.39 is 5.56 Å². The van der Waals surface area contributed by atoms with Crippen molar-refractivity contribution in [2.24, 2.45) is 5.92 Å². The predicted molar refractivity (Wildman–Crippen MR) is 96.9 cm³/mol. The third kappa shape index (κ3) is 2.60. The molecule has 0 spiro atoms. The number of carbonyl (C=O) groups is 1. The fourth-order valence-electron chi connectivity index (χ4n) is 5.31. The molecule has 0 unspecified atom stereocenters. The van der Waals surface area contributed by atoms with Gasteiger partial charge in [0.15, 0.2) is 0 Å². The first-order valence-corrected chi connectivity index (χ1v) is 9.46. The summed E-state index contributed by atoms with van der Waals surface area (Å²) in [6, 6.07) is 6.93. The van der Waals surface area contributed by atoms with E-state index in [2.05, 4.69) is 14.9 Å². The average Bonchev–Trinajstić information content (AvgIpc) is 3.12. The molecule has 4 aliphatic heterocycles. The number of benzene rings is 1. The molecule has 27 heavy (non-hydrogen) atoms.